The maximum atomic E-state index is 4.61. The molecule has 2 atom stereocenters. The van der Waals surface area contributed by atoms with E-state index in [-0.39, 0.29) is 12.2 Å². The third kappa shape index (κ3) is 3.58. The van der Waals surface area contributed by atoms with E-state index in [2.05, 4.69) is 66.1 Å². The van der Waals surface area contributed by atoms with Gasteiger partial charge < -0.3 is 0 Å². The minimum atomic E-state index is 0.164. The van der Waals surface area contributed by atoms with Gasteiger partial charge in [0.25, 0.3) is 0 Å². The van der Waals surface area contributed by atoms with Gasteiger partial charge >= 0.3 is 0 Å². The lowest BCUT2D eigenvalue weighted by Gasteiger charge is -2.36. The van der Waals surface area contributed by atoms with Crippen molar-refractivity contribution in [3.63, 3.8) is 0 Å². The number of fused-ring (bicyclic) bond motifs is 2. The number of hydrogen-bond donors (Lipinski definition) is 0. The number of para-hydroxylation sites is 2. The molecule has 1 fully saturated rings. The van der Waals surface area contributed by atoms with Gasteiger partial charge in [-0.3, -0.25) is 4.90 Å². The van der Waals surface area contributed by atoms with Gasteiger partial charge in [-0.25, -0.2) is 9.36 Å². The number of benzene rings is 2. The molecule has 2 unspecified atom stereocenters. The molecule has 3 heterocycles. The fourth-order valence-electron chi connectivity index (χ4n) is 4.80. The summed E-state index contributed by atoms with van der Waals surface area (Å²) in [6, 6.07) is 16.8. The molecule has 7 nitrogen and oxygen atoms in total. The minimum Gasteiger partial charge on any atom is -0.282 e. The molecule has 4 aromatic rings. The van der Waals surface area contributed by atoms with Gasteiger partial charge in [0.15, 0.2) is 0 Å². The van der Waals surface area contributed by atoms with E-state index >= 15 is 0 Å². The van der Waals surface area contributed by atoms with Gasteiger partial charge in [0.05, 0.1) is 17.1 Å². The van der Waals surface area contributed by atoms with E-state index in [0.29, 0.717) is 0 Å². The second-order valence-corrected chi connectivity index (χ2v) is 8.30. The second kappa shape index (κ2) is 8.52. The van der Waals surface area contributed by atoms with E-state index in [4.69, 9.17) is 0 Å². The van der Waals surface area contributed by atoms with Gasteiger partial charge in [-0.1, -0.05) is 54.5 Å². The molecule has 1 aliphatic rings. The number of piperidine rings is 1. The summed E-state index contributed by atoms with van der Waals surface area (Å²) in [7, 11) is 0. The van der Waals surface area contributed by atoms with Crippen LogP contribution in [0.2, 0.25) is 0 Å². The van der Waals surface area contributed by atoms with Gasteiger partial charge in [-0.2, -0.15) is 0 Å². The highest BCUT2D eigenvalue weighted by molar-refractivity contribution is 5.74. The van der Waals surface area contributed by atoms with Crippen molar-refractivity contribution in [1.29, 1.82) is 0 Å². The fourth-order valence-corrected chi connectivity index (χ4v) is 4.80. The Morgan fingerprint density at radius 2 is 1.40 bits per heavy atom. The molecule has 0 radical (unpaired) electrons. The zero-order valence-electron chi connectivity index (χ0n) is 17.6. The largest absolute Gasteiger partial charge is 0.282 e. The van der Waals surface area contributed by atoms with E-state index in [1.807, 2.05) is 24.3 Å². The highest BCUT2D eigenvalue weighted by Gasteiger charge is 2.29. The summed E-state index contributed by atoms with van der Waals surface area (Å²) in [5.74, 6) is 0. The van der Waals surface area contributed by atoms with Crippen LogP contribution in [0.15, 0.2) is 48.5 Å². The molecule has 1 aliphatic heterocycles. The zero-order valence-corrected chi connectivity index (χ0v) is 17.6. The lowest BCUT2D eigenvalue weighted by molar-refractivity contribution is 0.0812. The number of nitrogens with zero attached hydrogens (tertiary/aromatic N) is 7. The molecule has 0 N–H and O–H groups in total. The van der Waals surface area contributed by atoms with Crippen molar-refractivity contribution in [2.45, 2.75) is 57.7 Å². The normalized spacial score (nSPS) is 17.5. The molecule has 0 aliphatic carbocycles. The predicted octanol–water partition coefficient (Wildman–Crippen LogP) is 4.59. The highest BCUT2D eigenvalue weighted by Crippen LogP contribution is 2.33. The van der Waals surface area contributed by atoms with E-state index in [1.165, 1.54) is 19.3 Å². The first-order valence-corrected chi connectivity index (χ1v) is 11.2. The van der Waals surface area contributed by atoms with Crippen LogP contribution >= 0.6 is 0 Å². The third-order valence-electron chi connectivity index (χ3n) is 6.30. The molecule has 30 heavy (non-hydrogen) atoms. The van der Waals surface area contributed by atoms with Crippen LogP contribution in [0.25, 0.3) is 22.1 Å². The quantitative estimate of drug-likeness (QED) is 0.451. The predicted molar refractivity (Wildman–Crippen MR) is 118 cm³/mol. The lowest BCUT2D eigenvalue weighted by atomic mass is 10.0. The standard InChI is InChI=1S/C23H29N7/c1-2-10-18(29-21-13-6-4-11-19(21)24-26-29)17-23(28-15-8-3-9-16-28)30-22-14-7-5-12-20(22)25-27-30/h4-7,11-14,18,23H,2-3,8-10,15-17H2,1H3. The molecule has 5 rings (SSSR count). The molecule has 0 spiro atoms. The Labute approximate surface area is 176 Å². The summed E-state index contributed by atoms with van der Waals surface area (Å²) >= 11 is 0. The fraction of sp³-hybridized carbons (Fsp3) is 0.478. The average Bonchev–Trinajstić information content (AvgIpc) is 3.42. The van der Waals surface area contributed by atoms with Crippen molar-refractivity contribution in [2.75, 3.05) is 13.1 Å². The van der Waals surface area contributed by atoms with E-state index < -0.39 is 0 Å². The molecule has 1 saturated heterocycles. The summed E-state index contributed by atoms with van der Waals surface area (Å²) in [6.45, 7) is 4.46. The Balaban J connectivity index is 1.54. The molecule has 0 saturated carbocycles. The zero-order chi connectivity index (χ0) is 20.3. The number of hydrogen-bond acceptors (Lipinski definition) is 5. The van der Waals surface area contributed by atoms with E-state index in [9.17, 15) is 0 Å². The molecule has 0 bridgehead atoms. The van der Waals surface area contributed by atoms with Crippen molar-refractivity contribution < 1.29 is 0 Å². The minimum absolute atomic E-state index is 0.164. The first-order valence-electron chi connectivity index (χ1n) is 11.2. The van der Waals surface area contributed by atoms with Gasteiger partial charge in [0.1, 0.15) is 17.2 Å². The van der Waals surface area contributed by atoms with Crippen molar-refractivity contribution in [1.82, 2.24) is 34.9 Å². The summed E-state index contributed by atoms with van der Waals surface area (Å²) in [6.07, 6.45) is 7.06. The van der Waals surface area contributed by atoms with Crippen LogP contribution in [-0.4, -0.2) is 48.0 Å². The smallest absolute Gasteiger partial charge is 0.113 e. The molecule has 156 valence electrons. The molecule has 2 aromatic carbocycles. The van der Waals surface area contributed by atoms with Crippen molar-refractivity contribution in [2.24, 2.45) is 0 Å². The van der Waals surface area contributed by atoms with Crippen LogP contribution in [0.4, 0.5) is 0 Å². The number of rotatable bonds is 7. The van der Waals surface area contributed by atoms with Crippen LogP contribution in [0.1, 0.15) is 57.7 Å². The molecule has 0 amide bonds. The first-order chi connectivity index (χ1) is 14.8. The summed E-state index contributed by atoms with van der Waals surface area (Å²) in [4.78, 5) is 2.59. The van der Waals surface area contributed by atoms with Crippen LogP contribution < -0.4 is 0 Å². The topological polar surface area (TPSA) is 64.7 Å². The molecule has 7 heteroatoms. The SMILES string of the molecule is CCCC(CC(N1CCCCC1)n1nnc2ccccc21)n1nnc2ccccc21. The Hall–Kier alpha value is -2.80. The Kier molecular flexibility index (Phi) is 5.45. The number of aromatic nitrogens is 6. The average molecular weight is 404 g/mol. The van der Waals surface area contributed by atoms with Crippen LogP contribution in [0, 0.1) is 0 Å². The van der Waals surface area contributed by atoms with Gasteiger partial charge in [-0.15, -0.1) is 10.2 Å². The van der Waals surface area contributed by atoms with E-state index in [0.717, 1.165) is 54.4 Å². The Morgan fingerprint density at radius 3 is 2.07 bits per heavy atom. The highest BCUT2D eigenvalue weighted by atomic mass is 15.5. The van der Waals surface area contributed by atoms with Gasteiger partial charge in [0, 0.05) is 19.5 Å². The molecular formula is C23H29N7. The van der Waals surface area contributed by atoms with Crippen molar-refractivity contribution in [3.8, 4) is 0 Å². The monoisotopic (exact) mass is 403 g/mol. The molecule has 2 aromatic heterocycles. The van der Waals surface area contributed by atoms with Crippen molar-refractivity contribution >= 4 is 22.1 Å². The third-order valence-corrected chi connectivity index (χ3v) is 6.30. The number of likely N-dealkylation sites (tertiary alicyclic amines) is 1. The van der Waals surface area contributed by atoms with Gasteiger partial charge in [0.2, 0.25) is 0 Å². The lowest BCUT2D eigenvalue weighted by Crippen LogP contribution is -2.38. The Bertz CT molecular complexity index is 1110. The van der Waals surface area contributed by atoms with Crippen LogP contribution in [0.3, 0.4) is 0 Å². The van der Waals surface area contributed by atoms with Crippen molar-refractivity contribution in [3.05, 3.63) is 48.5 Å². The summed E-state index contributed by atoms with van der Waals surface area (Å²) in [5, 5.41) is 18.0. The summed E-state index contributed by atoms with van der Waals surface area (Å²) in [5.41, 5.74) is 4.13. The maximum absolute atomic E-state index is 4.61. The van der Waals surface area contributed by atoms with Crippen LogP contribution in [0.5, 0.6) is 0 Å². The van der Waals surface area contributed by atoms with Gasteiger partial charge in [-0.05, 0) is 43.5 Å². The maximum Gasteiger partial charge on any atom is 0.113 e. The van der Waals surface area contributed by atoms with E-state index in [1.54, 1.807) is 0 Å². The Morgan fingerprint density at radius 1 is 0.800 bits per heavy atom. The summed E-state index contributed by atoms with van der Waals surface area (Å²) < 4.78 is 4.28. The first kappa shape index (κ1) is 19.2. The van der Waals surface area contributed by atoms with Crippen LogP contribution in [-0.2, 0) is 0 Å². The molecular weight excluding hydrogens is 374 g/mol. The second-order valence-electron chi connectivity index (χ2n) is 8.30.